The minimum absolute atomic E-state index is 0.0321. The number of benzene rings is 2. The normalized spacial score (nSPS) is 11.2. The number of esters is 1. The van der Waals surface area contributed by atoms with E-state index in [1.165, 1.54) is 17.0 Å². The molecule has 0 spiro atoms. The van der Waals surface area contributed by atoms with Gasteiger partial charge >= 0.3 is 12.1 Å². The van der Waals surface area contributed by atoms with Gasteiger partial charge in [0.1, 0.15) is 6.54 Å². The van der Waals surface area contributed by atoms with Gasteiger partial charge in [-0.25, -0.2) is 0 Å². The Bertz CT molecular complexity index is 817. The van der Waals surface area contributed by atoms with Gasteiger partial charge < -0.3 is 14.4 Å². The number of carbonyl (C=O) groups is 2. The van der Waals surface area contributed by atoms with Crippen molar-refractivity contribution in [2.75, 3.05) is 20.3 Å². The summed E-state index contributed by atoms with van der Waals surface area (Å²) in [6.45, 7) is 1.86. The van der Waals surface area contributed by atoms with Crippen LogP contribution in [0.15, 0.2) is 48.5 Å². The van der Waals surface area contributed by atoms with Crippen molar-refractivity contribution in [1.29, 1.82) is 0 Å². The number of carbonyl (C=O) groups excluding carboxylic acids is 2. The first-order valence-corrected chi connectivity index (χ1v) is 8.93. The number of alkyl halides is 3. The van der Waals surface area contributed by atoms with Gasteiger partial charge in [0.25, 0.3) is 5.91 Å². The predicted octanol–water partition coefficient (Wildman–Crippen LogP) is 4.06. The number of nitrogens with zero attached hydrogens (tertiary/aromatic N) is 1. The third kappa shape index (κ3) is 6.60. The molecule has 0 bridgehead atoms. The van der Waals surface area contributed by atoms with Crippen LogP contribution >= 0.6 is 0 Å². The highest BCUT2D eigenvalue weighted by atomic mass is 19.4. The lowest BCUT2D eigenvalue weighted by Crippen LogP contribution is -2.36. The average molecular weight is 409 g/mol. The van der Waals surface area contributed by atoms with Gasteiger partial charge in [0.2, 0.25) is 0 Å². The van der Waals surface area contributed by atoms with Crippen molar-refractivity contribution in [3.05, 3.63) is 70.8 Å². The maximum absolute atomic E-state index is 12.9. The van der Waals surface area contributed by atoms with E-state index in [2.05, 4.69) is 0 Å². The summed E-state index contributed by atoms with van der Waals surface area (Å²) < 4.78 is 48.2. The van der Waals surface area contributed by atoms with E-state index in [9.17, 15) is 22.8 Å². The molecule has 0 saturated heterocycles. The molecule has 8 heteroatoms. The third-order valence-corrected chi connectivity index (χ3v) is 4.08. The van der Waals surface area contributed by atoms with E-state index in [1.54, 1.807) is 38.3 Å². The van der Waals surface area contributed by atoms with Crippen LogP contribution in [0.5, 0.6) is 0 Å². The first kappa shape index (κ1) is 22.4. The highest BCUT2D eigenvalue weighted by Crippen LogP contribution is 2.29. The van der Waals surface area contributed by atoms with Crippen LogP contribution in [0.4, 0.5) is 13.2 Å². The fraction of sp³-hybridized carbons (Fsp3) is 0.333. The van der Waals surface area contributed by atoms with E-state index in [1.807, 2.05) is 0 Å². The Morgan fingerprint density at radius 1 is 0.966 bits per heavy atom. The van der Waals surface area contributed by atoms with Gasteiger partial charge in [-0.05, 0) is 42.3 Å². The second-order valence-electron chi connectivity index (χ2n) is 6.29. The van der Waals surface area contributed by atoms with Gasteiger partial charge in [0, 0.05) is 19.2 Å². The Kier molecular flexibility index (Phi) is 7.78. The lowest BCUT2D eigenvalue weighted by atomic mass is 10.1. The third-order valence-electron chi connectivity index (χ3n) is 4.08. The molecular weight excluding hydrogens is 387 g/mol. The Morgan fingerprint density at radius 2 is 1.55 bits per heavy atom. The van der Waals surface area contributed by atoms with Gasteiger partial charge in [0.15, 0.2) is 0 Å². The SMILES string of the molecule is CCOC(=O)CN(Cc1ccc(C(F)(F)F)cc1)C(=O)c1ccc(COC)cc1. The van der Waals surface area contributed by atoms with Crippen LogP contribution in [0.3, 0.4) is 0 Å². The van der Waals surface area contributed by atoms with E-state index in [4.69, 9.17) is 9.47 Å². The maximum Gasteiger partial charge on any atom is 0.416 e. The lowest BCUT2D eigenvalue weighted by Gasteiger charge is -2.22. The summed E-state index contributed by atoms with van der Waals surface area (Å²) >= 11 is 0. The minimum atomic E-state index is -4.44. The van der Waals surface area contributed by atoms with Crippen molar-refractivity contribution >= 4 is 11.9 Å². The zero-order valence-corrected chi connectivity index (χ0v) is 16.2. The van der Waals surface area contributed by atoms with Crippen LogP contribution in [0.25, 0.3) is 0 Å². The quantitative estimate of drug-likeness (QED) is 0.617. The van der Waals surface area contributed by atoms with Gasteiger partial charge in [0.05, 0.1) is 18.8 Å². The first-order valence-electron chi connectivity index (χ1n) is 8.93. The fourth-order valence-corrected chi connectivity index (χ4v) is 2.67. The lowest BCUT2D eigenvalue weighted by molar-refractivity contribution is -0.144. The van der Waals surface area contributed by atoms with Crippen molar-refractivity contribution in [3.8, 4) is 0 Å². The summed E-state index contributed by atoms with van der Waals surface area (Å²) in [5, 5.41) is 0. The maximum atomic E-state index is 12.9. The van der Waals surface area contributed by atoms with Gasteiger partial charge in [-0.2, -0.15) is 13.2 Å². The van der Waals surface area contributed by atoms with Crippen molar-refractivity contribution in [2.24, 2.45) is 0 Å². The molecule has 0 heterocycles. The first-order chi connectivity index (χ1) is 13.7. The zero-order valence-electron chi connectivity index (χ0n) is 16.2. The molecule has 0 N–H and O–H groups in total. The fourth-order valence-electron chi connectivity index (χ4n) is 2.67. The molecule has 0 aliphatic rings. The molecule has 0 saturated carbocycles. The Morgan fingerprint density at radius 3 is 2.07 bits per heavy atom. The summed E-state index contributed by atoms with van der Waals surface area (Å²) in [4.78, 5) is 26.1. The van der Waals surface area contributed by atoms with E-state index >= 15 is 0 Å². The monoisotopic (exact) mass is 409 g/mol. The summed E-state index contributed by atoms with van der Waals surface area (Å²) in [6, 6.07) is 11.2. The summed E-state index contributed by atoms with van der Waals surface area (Å²) in [5.74, 6) is -1.02. The number of ether oxygens (including phenoxy) is 2. The van der Waals surface area contributed by atoms with Crippen molar-refractivity contribution in [2.45, 2.75) is 26.3 Å². The standard InChI is InChI=1S/C21H22F3NO4/c1-3-29-19(26)13-25(12-15-6-10-18(11-7-15)21(22,23)24)20(27)17-8-4-16(5-9-17)14-28-2/h4-11H,3,12-14H2,1-2H3. The number of hydrogen-bond acceptors (Lipinski definition) is 4. The molecular formula is C21H22F3NO4. The number of halogens is 3. The van der Waals surface area contributed by atoms with Gasteiger partial charge in [-0.3, -0.25) is 9.59 Å². The molecule has 5 nitrogen and oxygen atoms in total. The van der Waals surface area contributed by atoms with Crippen LogP contribution < -0.4 is 0 Å². The molecule has 156 valence electrons. The van der Waals surface area contributed by atoms with E-state index in [-0.39, 0.29) is 19.7 Å². The number of methoxy groups -OCH3 is 1. The van der Waals surface area contributed by atoms with E-state index in [0.29, 0.717) is 17.7 Å². The van der Waals surface area contributed by atoms with Crippen molar-refractivity contribution in [1.82, 2.24) is 4.90 Å². The molecule has 0 atom stereocenters. The highest BCUT2D eigenvalue weighted by molar-refractivity contribution is 5.96. The van der Waals surface area contributed by atoms with Crippen LogP contribution in [0.1, 0.15) is 34.0 Å². The number of hydrogen-bond donors (Lipinski definition) is 0. The van der Waals surface area contributed by atoms with Crippen LogP contribution in [-0.2, 0) is 33.6 Å². The van der Waals surface area contributed by atoms with Gasteiger partial charge in [-0.15, -0.1) is 0 Å². The average Bonchev–Trinajstić information content (AvgIpc) is 2.68. The van der Waals surface area contributed by atoms with E-state index < -0.39 is 23.6 Å². The highest BCUT2D eigenvalue weighted by Gasteiger charge is 2.30. The molecule has 0 aliphatic heterocycles. The molecule has 29 heavy (non-hydrogen) atoms. The molecule has 0 fully saturated rings. The van der Waals surface area contributed by atoms with E-state index in [0.717, 1.165) is 17.7 Å². The molecule has 0 radical (unpaired) electrons. The molecule has 2 aromatic carbocycles. The smallest absolute Gasteiger partial charge is 0.416 e. The molecule has 0 aromatic heterocycles. The van der Waals surface area contributed by atoms with Crippen LogP contribution in [0.2, 0.25) is 0 Å². The predicted molar refractivity (Wildman–Crippen MR) is 100.0 cm³/mol. The topological polar surface area (TPSA) is 55.8 Å². The Balaban J connectivity index is 2.21. The summed E-state index contributed by atoms with van der Waals surface area (Å²) in [6.07, 6.45) is -4.44. The molecule has 1 amide bonds. The summed E-state index contributed by atoms with van der Waals surface area (Å²) in [5.41, 5.74) is 0.912. The largest absolute Gasteiger partial charge is 0.465 e. The molecule has 0 aliphatic carbocycles. The zero-order chi connectivity index (χ0) is 21.4. The second kappa shape index (κ2) is 10.1. The Hall–Kier alpha value is -2.87. The summed E-state index contributed by atoms with van der Waals surface area (Å²) in [7, 11) is 1.56. The molecule has 2 aromatic rings. The van der Waals surface area contributed by atoms with Crippen molar-refractivity contribution < 1.29 is 32.2 Å². The Labute approximate surface area is 167 Å². The number of rotatable bonds is 8. The van der Waals surface area contributed by atoms with Crippen LogP contribution in [-0.4, -0.2) is 37.0 Å². The second-order valence-corrected chi connectivity index (χ2v) is 6.29. The number of amides is 1. The molecule has 2 rings (SSSR count). The van der Waals surface area contributed by atoms with Crippen molar-refractivity contribution in [3.63, 3.8) is 0 Å². The van der Waals surface area contributed by atoms with Gasteiger partial charge in [-0.1, -0.05) is 24.3 Å². The minimum Gasteiger partial charge on any atom is -0.465 e. The van der Waals surface area contributed by atoms with Crippen LogP contribution in [0, 0.1) is 0 Å². The molecule has 0 unspecified atom stereocenters.